The van der Waals surface area contributed by atoms with Gasteiger partial charge in [0.1, 0.15) is 0 Å². The molecule has 1 saturated carbocycles. The average Bonchev–Trinajstić information content (AvgIpc) is 2.28. The molecule has 1 saturated heterocycles. The monoisotopic (exact) mass is 171 g/mol. The first-order chi connectivity index (χ1) is 5.35. The fourth-order valence-corrected chi connectivity index (χ4v) is 3.61. The van der Waals surface area contributed by atoms with Crippen molar-refractivity contribution < 1.29 is 0 Å². The fraction of sp³-hybridized carbons (Fsp3) is 1.00. The van der Waals surface area contributed by atoms with E-state index >= 15 is 0 Å². The molecule has 2 heteroatoms. The third-order valence-corrected chi connectivity index (χ3v) is 4.06. The first-order valence-corrected chi connectivity index (χ1v) is 5.96. The van der Waals surface area contributed by atoms with Gasteiger partial charge in [0.2, 0.25) is 0 Å². The van der Waals surface area contributed by atoms with E-state index in [9.17, 15) is 0 Å². The molecule has 0 amide bonds. The summed E-state index contributed by atoms with van der Waals surface area (Å²) in [5.74, 6) is 1.37. The molecule has 0 aromatic carbocycles. The number of hydrogen-bond donors (Lipinski definition) is 1. The molecule has 11 heavy (non-hydrogen) atoms. The summed E-state index contributed by atoms with van der Waals surface area (Å²) in [4.78, 5) is 0. The first kappa shape index (κ1) is 7.93. The van der Waals surface area contributed by atoms with E-state index in [4.69, 9.17) is 0 Å². The van der Waals surface area contributed by atoms with Crippen LogP contribution in [0, 0.1) is 5.41 Å². The van der Waals surface area contributed by atoms with Crippen molar-refractivity contribution in [3.8, 4) is 0 Å². The Bertz CT molecular complexity index is 139. The van der Waals surface area contributed by atoms with E-state index in [-0.39, 0.29) is 0 Å². The van der Waals surface area contributed by atoms with E-state index in [2.05, 4.69) is 11.6 Å². The first-order valence-electron chi connectivity index (χ1n) is 4.57. The average molecular weight is 171 g/mol. The van der Waals surface area contributed by atoms with Crippen LogP contribution in [-0.2, 0) is 0 Å². The molecule has 64 valence electrons. The smallest absolute Gasteiger partial charge is 0.00733 e. The lowest BCUT2D eigenvalue weighted by Gasteiger charge is -2.31. The van der Waals surface area contributed by atoms with Crippen molar-refractivity contribution >= 4 is 11.8 Å². The second-order valence-corrected chi connectivity index (χ2v) is 4.97. The molecule has 2 aliphatic rings. The van der Waals surface area contributed by atoms with Crippen LogP contribution < -0.4 is 5.32 Å². The van der Waals surface area contributed by atoms with Gasteiger partial charge in [0.05, 0.1) is 0 Å². The molecule has 2 unspecified atom stereocenters. The minimum atomic E-state index is 0.697. The van der Waals surface area contributed by atoms with Crippen LogP contribution in [0.5, 0.6) is 0 Å². The SMILES string of the molecule is CSCC12CCCC(C1)NC2. The molecule has 0 aromatic rings. The van der Waals surface area contributed by atoms with Crippen molar-refractivity contribution in [1.82, 2.24) is 5.32 Å². The van der Waals surface area contributed by atoms with Crippen LogP contribution >= 0.6 is 11.8 Å². The minimum Gasteiger partial charge on any atom is -0.313 e. The van der Waals surface area contributed by atoms with Crippen molar-refractivity contribution in [2.45, 2.75) is 31.7 Å². The lowest BCUT2D eigenvalue weighted by atomic mass is 9.77. The molecule has 1 aliphatic carbocycles. The molecule has 1 nitrogen and oxygen atoms in total. The van der Waals surface area contributed by atoms with Gasteiger partial charge in [0, 0.05) is 12.6 Å². The van der Waals surface area contributed by atoms with Crippen molar-refractivity contribution in [3.05, 3.63) is 0 Å². The van der Waals surface area contributed by atoms with Crippen molar-refractivity contribution in [2.24, 2.45) is 5.41 Å². The Hall–Kier alpha value is 0.310. The highest BCUT2D eigenvalue weighted by Gasteiger charge is 2.40. The van der Waals surface area contributed by atoms with Crippen LogP contribution in [0.2, 0.25) is 0 Å². The minimum absolute atomic E-state index is 0.697. The summed E-state index contributed by atoms with van der Waals surface area (Å²) in [5.41, 5.74) is 0.697. The summed E-state index contributed by atoms with van der Waals surface area (Å²) in [7, 11) is 0. The summed E-state index contributed by atoms with van der Waals surface area (Å²) in [6.45, 7) is 1.29. The largest absolute Gasteiger partial charge is 0.313 e. The van der Waals surface area contributed by atoms with Crippen molar-refractivity contribution in [1.29, 1.82) is 0 Å². The molecule has 1 heterocycles. The Morgan fingerprint density at radius 2 is 2.55 bits per heavy atom. The van der Waals surface area contributed by atoms with Gasteiger partial charge in [-0.1, -0.05) is 6.42 Å². The molecule has 1 aliphatic heterocycles. The lowest BCUT2D eigenvalue weighted by Crippen LogP contribution is -2.27. The highest BCUT2D eigenvalue weighted by atomic mass is 32.2. The quantitative estimate of drug-likeness (QED) is 0.681. The van der Waals surface area contributed by atoms with Gasteiger partial charge in [-0.2, -0.15) is 11.8 Å². The van der Waals surface area contributed by atoms with Crippen LogP contribution in [0.4, 0.5) is 0 Å². The maximum Gasteiger partial charge on any atom is 0.00733 e. The summed E-state index contributed by atoms with van der Waals surface area (Å²) >= 11 is 2.02. The highest BCUT2D eigenvalue weighted by molar-refractivity contribution is 7.98. The van der Waals surface area contributed by atoms with Gasteiger partial charge in [-0.3, -0.25) is 0 Å². The summed E-state index contributed by atoms with van der Waals surface area (Å²) in [6, 6.07) is 0.871. The maximum atomic E-state index is 3.63. The normalized spacial score (nSPS) is 42.8. The van der Waals surface area contributed by atoms with E-state index in [1.54, 1.807) is 0 Å². The Balaban J connectivity index is 2.01. The van der Waals surface area contributed by atoms with E-state index in [1.807, 2.05) is 11.8 Å². The molecular formula is C9H17NS. The summed E-state index contributed by atoms with van der Waals surface area (Å²) in [6.07, 6.45) is 8.04. The van der Waals surface area contributed by atoms with Crippen molar-refractivity contribution in [2.75, 3.05) is 18.6 Å². The van der Waals surface area contributed by atoms with E-state index in [0.717, 1.165) is 6.04 Å². The fourth-order valence-electron chi connectivity index (χ4n) is 2.63. The third kappa shape index (κ3) is 1.43. The number of thioether (sulfide) groups is 1. The zero-order valence-corrected chi connectivity index (χ0v) is 8.04. The molecule has 0 radical (unpaired) electrons. The number of fused-ring (bicyclic) bond motifs is 2. The molecule has 2 bridgehead atoms. The molecule has 2 rings (SSSR count). The Morgan fingerprint density at radius 3 is 3.36 bits per heavy atom. The van der Waals surface area contributed by atoms with Gasteiger partial charge in [-0.05, 0) is 36.7 Å². The van der Waals surface area contributed by atoms with E-state index in [1.165, 1.54) is 38.0 Å². The van der Waals surface area contributed by atoms with Gasteiger partial charge >= 0.3 is 0 Å². The van der Waals surface area contributed by atoms with E-state index < -0.39 is 0 Å². The second-order valence-electron chi connectivity index (χ2n) is 4.11. The van der Waals surface area contributed by atoms with Crippen LogP contribution in [0.1, 0.15) is 25.7 Å². The van der Waals surface area contributed by atoms with Gasteiger partial charge in [0.25, 0.3) is 0 Å². The van der Waals surface area contributed by atoms with E-state index in [0.29, 0.717) is 5.41 Å². The Labute approximate surface area is 73.3 Å². The van der Waals surface area contributed by atoms with Gasteiger partial charge < -0.3 is 5.32 Å². The molecule has 0 spiro atoms. The topological polar surface area (TPSA) is 12.0 Å². The summed E-state index contributed by atoms with van der Waals surface area (Å²) in [5, 5.41) is 3.63. The number of hydrogen-bond acceptors (Lipinski definition) is 2. The summed E-state index contributed by atoms with van der Waals surface area (Å²) < 4.78 is 0. The van der Waals surface area contributed by atoms with Crippen LogP contribution in [-0.4, -0.2) is 24.6 Å². The van der Waals surface area contributed by atoms with Crippen molar-refractivity contribution in [3.63, 3.8) is 0 Å². The van der Waals surface area contributed by atoms with Gasteiger partial charge in [-0.15, -0.1) is 0 Å². The second kappa shape index (κ2) is 2.98. The Morgan fingerprint density at radius 1 is 1.64 bits per heavy atom. The molecule has 1 N–H and O–H groups in total. The van der Waals surface area contributed by atoms with Crippen LogP contribution in [0.3, 0.4) is 0 Å². The highest BCUT2D eigenvalue weighted by Crippen LogP contribution is 2.42. The molecule has 0 aromatic heterocycles. The third-order valence-electron chi connectivity index (χ3n) is 3.16. The van der Waals surface area contributed by atoms with Crippen LogP contribution in [0.25, 0.3) is 0 Å². The standard InChI is InChI=1S/C9H17NS/c1-11-7-9-4-2-3-8(5-9)10-6-9/h8,10H,2-7H2,1H3. The lowest BCUT2D eigenvalue weighted by molar-refractivity contribution is 0.283. The van der Waals surface area contributed by atoms with Gasteiger partial charge in [-0.25, -0.2) is 0 Å². The van der Waals surface area contributed by atoms with Gasteiger partial charge in [0.15, 0.2) is 0 Å². The predicted octanol–water partition coefficient (Wildman–Crippen LogP) is 1.88. The molecular weight excluding hydrogens is 154 g/mol. The maximum absolute atomic E-state index is 3.63. The molecule has 2 fully saturated rings. The predicted molar refractivity (Wildman–Crippen MR) is 51.1 cm³/mol. The number of rotatable bonds is 2. The zero-order valence-electron chi connectivity index (χ0n) is 7.23. The Kier molecular flexibility index (Phi) is 2.15. The van der Waals surface area contributed by atoms with Crippen LogP contribution in [0.15, 0.2) is 0 Å². The number of nitrogens with one attached hydrogen (secondary N) is 1. The molecule has 2 atom stereocenters. The zero-order chi connectivity index (χ0) is 7.73.